The molecule has 5 nitrogen and oxygen atoms in total. The number of rotatable bonds is 8. The van der Waals surface area contributed by atoms with Crippen LogP contribution in [0.1, 0.15) is 65.0 Å². The van der Waals surface area contributed by atoms with Crippen LogP contribution in [0.2, 0.25) is 18.1 Å². The molecule has 6 heteroatoms. The summed E-state index contributed by atoms with van der Waals surface area (Å²) in [6.07, 6.45) is 2.04. The molecule has 0 aliphatic carbocycles. The van der Waals surface area contributed by atoms with Gasteiger partial charge in [0.1, 0.15) is 6.10 Å². The summed E-state index contributed by atoms with van der Waals surface area (Å²) in [6, 6.07) is 9.29. The summed E-state index contributed by atoms with van der Waals surface area (Å²) in [5.41, 5.74) is 0.918. The monoisotopic (exact) mass is 405 g/mol. The van der Waals surface area contributed by atoms with Gasteiger partial charge in [-0.05, 0) is 43.5 Å². The summed E-state index contributed by atoms with van der Waals surface area (Å²) in [5.74, 6) is -0.152. The zero-order valence-corrected chi connectivity index (χ0v) is 19.2. The number of hydrogen-bond acceptors (Lipinski definition) is 4. The van der Waals surface area contributed by atoms with Crippen molar-refractivity contribution in [2.24, 2.45) is 0 Å². The van der Waals surface area contributed by atoms with E-state index in [1.54, 1.807) is 0 Å². The first-order valence-electron chi connectivity index (χ1n) is 10.3. The molecule has 1 aliphatic heterocycles. The molecule has 0 N–H and O–H groups in total. The fraction of sp³-hybridized carbons (Fsp3) is 0.636. The second kappa shape index (κ2) is 9.22. The third-order valence-corrected chi connectivity index (χ3v) is 10.5. The molecule has 2 rings (SSSR count). The standard InChI is InChI=1S/C22H35NO4Si/c1-17-20(18-13-9-7-10-14-18)27-21(25)23(17)19(24)15-11-8-12-16-26-28(5,6)22(2,3)4/h7,9-10,13-14,17,20H,8,11-12,15-16H2,1-6H3/t17-,20-/m1/s1. The summed E-state index contributed by atoms with van der Waals surface area (Å²) in [7, 11) is -1.70. The highest BCUT2D eigenvalue weighted by Crippen LogP contribution is 2.36. The average Bonchev–Trinajstić information content (AvgIpc) is 2.92. The van der Waals surface area contributed by atoms with E-state index in [1.807, 2.05) is 37.3 Å². The highest BCUT2D eigenvalue weighted by molar-refractivity contribution is 6.74. The number of carbonyl (C=O) groups excluding carboxylic acids is 2. The van der Waals surface area contributed by atoms with Gasteiger partial charge in [-0.15, -0.1) is 0 Å². The molecule has 156 valence electrons. The van der Waals surface area contributed by atoms with E-state index in [0.717, 1.165) is 31.4 Å². The molecule has 0 saturated carbocycles. The van der Waals surface area contributed by atoms with Gasteiger partial charge in [-0.25, -0.2) is 9.69 Å². The van der Waals surface area contributed by atoms with Crippen molar-refractivity contribution >= 4 is 20.3 Å². The van der Waals surface area contributed by atoms with Crippen LogP contribution in [0.4, 0.5) is 4.79 Å². The van der Waals surface area contributed by atoms with Crippen LogP contribution >= 0.6 is 0 Å². The first-order chi connectivity index (χ1) is 13.0. The Morgan fingerprint density at radius 2 is 1.79 bits per heavy atom. The SMILES string of the molecule is C[C@@H]1[C@H](c2ccccc2)OC(=O)N1C(=O)CCCCCO[Si](C)(C)C(C)(C)C. The fourth-order valence-electron chi connectivity index (χ4n) is 3.10. The lowest BCUT2D eigenvalue weighted by atomic mass is 10.0. The Morgan fingerprint density at radius 1 is 1.14 bits per heavy atom. The number of amides is 2. The van der Waals surface area contributed by atoms with Gasteiger partial charge in [-0.2, -0.15) is 0 Å². The maximum atomic E-state index is 12.6. The number of ether oxygens (including phenoxy) is 1. The van der Waals surface area contributed by atoms with Gasteiger partial charge in [0.25, 0.3) is 0 Å². The van der Waals surface area contributed by atoms with E-state index in [-0.39, 0.29) is 17.0 Å². The maximum Gasteiger partial charge on any atom is 0.417 e. The van der Waals surface area contributed by atoms with Crippen molar-refractivity contribution in [1.29, 1.82) is 0 Å². The smallest absolute Gasteiger partial charge is 0.417 e. The lowest BCUT2D eigenvalue weighted by Gasteiger charge is -2.36. The molecule has 0 radical (unpaired) electrons. The molecule has 0 aromatic heterocycles. The Balaban J connectivity index is 1.75. The van der Waals surface area contributed by atoms with Crippen LogP contribution in [-0.2, 0) is 14.0 Å². The zero-order chi connectivity index (χ0) is 20.9. The molecular weight excluding hydrogens is 370 g/mol. The van der Waals surface area contributed by atoms with Gasteiger partial charge in [0.15, 0.2) is 8.32 Å². The molecule has 0 unspecified atom stereocenters. The van der Waals surface area contributed by atoms with E-state index in [2.05, 4.69) is 33.9 Å². The van der Waals surface area contributed by atoms with Gasteiger partial charge in [0.2, 0.25) is 5.91 Å². The molecule has 1 heterocycles. The Hall–Kier alpha value is -1.66. The normalized spacial score (nSPS) is 20.4. The van der Waals surface area contributed by atoms with Gasteiger partial charge in [-0.1, -0.05) is 57.5 Å². The predicted molar refractivity (Wildman–Crippen MR) is 114 cm³/mol. The topological polar surface area (TPSA) is 55.8 Å². The number of benzene rings is 1. The summed E-state index contributed by atoms with van der Waals surface area (Å²) in [6.45, 7) is 13.8. The van der Waals surface area contributed by atoms with Crippen molar-refractivity contribution in [3.63, 3.8) is 0 Å². The highest BCUT2D eigenvalue weighted by atomic mass is 28.4. The van der Waals surface area contributed by atoms with Crippen molar-refractivity contribution in [2.45, 2.75) is 83.7 Å². The van der Waals surface area contributed by atoms with Gasteiger partial charge in [-0.3, -0.25) is 4.79 Å². The van der Waals surface area contributed by atoms with Crippen molar-refractivity contribution in [1.82, 2.24) is 4.90 Å². The minimum Gasteiger partial charge on any atom is -0.439 e. The molecule has 1 saturated heterocycles. The third-order valence-electron chi connectivity index (χ3n) is 5.97. The molecule has 1 fully saturated rings. The minimum absolute atomic E-state index is 0.152. The predicted octanol–water partition coefficient (Wildman–Crippen LogP) is 5.68. The number of nitrogens with zero attached hydrogens (tertiary/aromatic N) is 1. The molecule has 2 atom stereocenters. The van der Waals surface area contributed by atoms with Crippen LogP contribution in [0.15, 0.2) is 30.3 Å². The molecule has 1 aliphatic rings. The van der Waals surface area contributed by atoms with Crippen LogP contribution in [0, 0.1) is 0 Å². The van der Waals surface area contributed by atoms with Crippen LogP contribution in [0.3, 0.4) is 0 Å². The minimum atomic E-state index is -1.70. The summed E-state index contributed by atoms with van der Waals surface area (Å²) < 4.78 is 11.6. The average molecular weight is 406 g/mol. The van der Waals surface area contributed by atoms with E-state index >= 15 is 0 Å². The van der Waals surface area contributed by atoms with E-state index in [0.29, 0.717) is 6.42 Å². The number of unbranched alkanes of at least 4 members (excludes halogenated alkanes) is 2. The largest absolute Gasteiger partial charge is 0.439 e. The maximum absolute atomic E-state index is 12.6. The van der Waals surface area contributed by atoms with Crippen molar-refractivity contribution in [2.75, 3.05) is 6.61 Å². The Labute approximate surface area is 170 Å². The lowest BCUT2D eigenvalue weighted by Crippen LogP contribution is -2.41. The van der Waals surface area contributed by atoms with E-state index < -0.39 is 20.5 Å². The van der Waals surface area contributed by atoms with Crippen LogP contribution in [0.5, 0.6) is 0 Å². The third kappa shape index (κ3) is 5.45. The van der Waals surface area contributed by atoms with E-state index in [4.69, 9.17) is 9.16 Å². The number of cyclic esters (lactones) is 1. The molecule has 28 heavy (non-hydrogen) atoms. The summed E-state index contributed by atoms with van der Waals surface area (Å²) in [4.78, 5) is 26.1. The summed E-state index contributed by atoms with van der Waals surface area (Å²) in [5, 5.41) is 0.213. The molecule has 0 bridgehead atoms. The highest BCUT2D eigenvalue weighted by Gasteiger charge is 2.42. The lowest BCUT2D eigenvalue weighted by molar-refractivity contribution is -0.129. The van der Waals surface area contributed by atoms with Gasteiger partial charge in [0.05, 0.1) is 6.04 Å². The molecular formula is C22H35NO4Si. The zero-order valence-electron chi connectivity index (χ0n) is 18.2. The van der Waals surface area contributed by atoms with Gasteiger partial charge in [0, 0.05) is 13.0 Å². The van der Waals surface area contributed by atoms with E-state index in [1.165, 1.54) is 4.90 Å². The van der Waals surface area contributed by atoms with Crippen molar-refractivity contribution in [3.05, 3.63) is 35.9 Å². The first kappa shape index (κ1) is 22.6. The number of hydrogen-bond donors (Lipinski definition) is 0. The van der Waals surface area contributed by atoms with Gasteiger partial charge < -0.3 is 9.16 Å². The Kier molecular flexibility index (Phi) is 7.45. The first-order valence-corrected chi connectivity index (χ1v) is 13.2. The van der Waals surface area contributed by atoms with Gasteiger partial charge >= 0.3 is 6.09 Å². The Morgan fingerprint density at radius 3 is 2.39 bits per heavy atom. The van der Waals surface area contributed by atoms with Crippen LogP contribution in [-0.4, -0.2) is 37.9 Å². The van der Waals surface area contributed by atoms with Crippen molar-refractivity contribution in [3.8, 4) is 0 Å². The number of carbonyl (C=O) groups is 2. The molecule has 1 aromatic carbocycles. The molecule has 0 spiro atoms. The summed E-state index contributed by atoms with van der Waals surface area (Å²) >= 11 is 0. The fourth-order valence-corrected chi connectivity index (χ4v) is 4.19. The quantitative estimate of drug-likeness (QED) is 0.412. The van der Waals surface area contributed by atoms with Crippen molar-refractivity contribution < 1.29 is 18.8 Å². The van der Waals surface area contributed by atoms with E-state index in [9.17, 15) is 9.59 Å². The second-order valence-corrected chi connectivity index (χ2v) is 13.9. The molecule has 2 amide bonds. The Bertz CT molecular complexity index is 669. The second-order valence-electron chi connectivity index (χ2n) is 9.14. The number of imide groups is 1. The van der Waals surface area contributed by atoms with Crippen LogP contribution in [0.25, 0.3) is 0 Å². The van der Waals surface area contributed by atoms with Crippen LogP contribution < -0.4 is 0 Å². The molecule has 1 aromatic rings.